The molecule has 2 aromatic heterocycles. The molecule has 2 heterocycles. The van der Waals surface area contributed by atoms with Crippen molar-refractivity contribution < 1.29 is 8.42 Å². The number of aromatic nitrogens is 4. The maximum atomic E-state index is 12.3. The van der Waals surface area contributed by atoms with Crippen LogP contribution < -0.4 is 4.72 Å². The van der Waals surface area contributed by atoms with Gasteiger partial charge < -0.3 is 0 Å². The van der Waals surface area contributed by atoms with Crippen LogP contribution >= 0.6 is 31.9 Å². The second-order valence-electron chi connectivity index (χ2n) is 3.70. The molecule has 0 aliphatic rings. The van der Waals surface area contributed by atoms with Gasteiger partial charge in [0.2, 0.25) is 0 Å². The zero-order valence-electron chi connectivity index (χ0n) is 9.90. The van der Waals surface area contributed by atoms with E-state index in [-0.39, 0.29) is 10.7 Å². The molecule has 0 atom stereocenters. The Labute approximate surface area is 126 Å². The highest BCUT2D eigenvalue weighted by Gasteiger charge is 2.23. The fourth-order valence-corrected chi connectivity index (χ4v) is 3.96. The normalized spacial score (nSPS) is 11.6. The van der Waals surface area contributed by atoms with Gasteiger partial charge in [0.25, 0.3) is 10.0 Å². The van der Waals surface area contributed by atoms with Gasteiger partial charge in [0.05, 0.1) is 17.6 Å². The second kappa shape index (κ2) is 5.17. The van der Waals surface area contributed by atoms with Crippen LogP contribution in [-0.2, 0) is 10.0 Å². The first-order valence-corrected chi connectivity index (χ1v) is 8.10. The molecular formula is C9H9Br2N5O2S. The van der Waals surface area contributed by atoms with E-state index in [2.05, 4.69) is 56.7 Å². The number of halogens is 2. The van der Waals surface area contributed by atoms with E-state index in [0.717, 1.165) is 0 Å². The lowest BCUT2D eigenvalue weighted by Gasteiger charge is -2.08. The van der Waals surface area contributed by atoms with Crippen LogP contribution in [0.4, 0.5) is 5.82 Å². The van der Waals surface area contributed by atoms with Gasteiger partial charge >= 0.3 is 0 Å². The number of H-pyrrole nitrogens is 1. The smallest absolute Gasteiger partial charge is 0.266 e. The summed E-state index contributed by atoms with van der Waals surface area (Å²) in [5, 5.41) is 6.49. The fourth-order valence-electron chi connectivity index (χ4n) is 1.53. The molecule has 2 N–H and O–H groups in total. The second-order valence-corrected chi connectivity index (χ2v) is 6.88. The van der Waals surface area contributed by atoms with E-state index < -0.39 is 10.0 Å². The van der Waals surface area contributed by atoms with Gasteiger partial charge in [-0.15, -0.1) is 0 Å². The van der Waals surface area contributed by atoms with Crippen LogP contribution in [0.5, 0.6) is 0 Å². The number of anilines is 1. The van der Waals surface area contributed by atoms with Crippen molar-refractivity contribution in [2.45, 2.75) is 18.7 Å². The summed E-state index contributed by atoms with van der Waals surface area (Å²) in [7, 11) is -3.76. The van der Waals surface area contributed by atoms with Crippen molar-refractivity contribution in [2.24, 2.45) is 0 Å². The summed E-state index contributed by atoms with van der Waals surface area (Å²) in [5.74, 6) is 0.114. The summed E-state index contributed by atoms with van der Waals surface area (Å²) in [5.41, 5.74) is 0.859. The highest BCUT2D eigenvalue weighted by Crippen LogP contribution is 2.24. The molecule has 0 bridgehead atoms. The maximum Gasteiger partial charge on any atom is 0.266 e. The molecule has 0 aromatic carbocycles. The van der Waals surface area contributed by atoms with Gasteiger partial charge in [-0.1, -0.05) is 0 Å². The summed E-state index contributed by atoms with van der Waals surface area (Å²) >= 11 is 6.29. The van der Waals surface area contributed by atoms with Crippen molar-refractivity contribution in [1.82, 2.24) is 20.2 Å². The van der Waals surface area contributed by atoms with Gasteiger partial charge in [-0.05, 0) is 45.7 Å². The Hall–Kier alpha value is -1.00. The molecule has 0 unspecified atom stereocenters. The van der Waals surface area contributed by atoms with Gasteiger partial charge in [-0.25, -0.2) is 18.4 Å². The number of aromatic amines is 1. The molecule has 0 saturated heterocycles. The third-order valence-electron chi connectivity index (χ3n) is 2.26. The predicted molar refractivity (Wildman–Crippen MR) is 76.3 cm³/mol. The predicted octanol–water partition coefficient (Wildman–Crippen LogP) is 2.14. The van der Waals surface area contributed by atoms with E-state index >= 15 is 0 Å². The quantitative estimate of drug-likeness (QED) is 0.807. The lowest BCUT2D eigenvalue weighted by Crippen LogP contribution is -2.16. The zero-order chi connectivity index (χ0) is 14.2. The van der Waals surface area contributed by atoms with E-state index in [9.17, 15) is 8.42 Å². The minimum Gasteiger partial charge on any atom is -0.281 e. The zero-order valence-corrected chi connectivity index (χ0v) is 13.9. The summed E-state index contributed by atoms with van der Waals surface area (Å²) < 4.78 is 27.7. The Kier molecular flexibility index (Phi) is 3.92. The van der Waals surface area contributed by atoms with Gasteiger partial charge in [0.1, 0.15) is 9.50 Å². The summed E-state index contributed by atoms with van der Waals surface area (Å²) in [4.78, 5) is 8.07. The largest absolute Gasteiger partial charge is 0.281 e. The van der Waals surface area contributed by atoms with Crippen LogP contribution in [0.3, 0.4) is 0 Å². The van der Waals surface area contributed by atoms with E-state index in [1.165, 1.54) is 6.20 Å². The molecule has 2 aromatic rings. The van der Waals surface area contributed by atoms with Crippen LogP contribution in [0.25, 0.3) is 0 Å². The number of aryl methyl sites for hydroxylation is 2. The van der Waals surface area contributed by atoms with Crippen LogP contribution in [0, 0.1) is 13.8 Å². The summed E-state index contributed by atoms with van der Waals surface area (Å²) in [6.45, 7) is 3.25. The van der Waals surface area contributed by atoms with Crippen molar-refractivity contribution in [1.29, 1.82) is 0 Å². The molecular weight excluding hydrogens is 402 g/mol. The molecule has 0 amide bonds. The lowest BCUT2D eigenvalue weighted by molar-refractivity contribution is 0.600. The molecule has 19 heavy (non-hydrogen) atoms. The Morgan fingerprint density at radius 1 is 1.32 bits per heavy atom. The molecule has 0 spiro atoms. The standard InChI is InChI=1S/C9H9Br2N5O2S/c1-4-7(5(2)15-14-4)19(17,18)16-9-8(11)13-6(10)3-12-9/h3H,1-2H3,(H,12,16)(H,14,15). The average Bonchev–Trinajstić information content (AvgIpc) is 2.63. The van der Waals surface area contributed by atoms with E-state index in [1.807, 2.05) is 0 Å². The Morgan fingerprint density at radius 2 is 2.00 bits per heavy atom. The minimum absolute atomic E-state index is 0.114. The van der Waals surface area contributed by atoms with Crippen LogP contribution in [0.15, 0.2) is 20.3 Å². The van der Waals surface area contributed by atoms with Crippen molar-refractivity contribution in [3.63, 3.8) is 0 Å². The van der Waals surface area contributed by atoms with E-state index in [4.69, 9.17) is 0 Å². The van der Waals surface area contributed by atoms with Gasteiger partial charge in [0.15, 0.2) is 10.4 Å². The highest BCUT2D eigenvalue weighted by atomic mass is 79.9. The molecule has 0 saturated carbocycles. The number of hydrogen-bond donors (Lipinski definition) is 2. The highest BCUT2D eigenvalue weighted by molar-refractivity contribution is 9.11. The maximum absolute atomic E-state index is 12.3. The van der Waals surface area contributed by atoms with Gasteiger partial charge in [-0.2, -0.15) is 5.10 Å². The van der Waals surface area contributed by atoms with Crippen LogP contribution in [0.1, 0.15) is 11.4 Å². The SMILES string of the molecule is Cc1n[nH]c(C)c1S(=O)(=O)Nc1ncc(Br)nc1Br. The fraction of sp³-hybridized carbons (Fsp3) is 0.222. The molecule has 0 aliphatic heterocycles. The van der Waals surface area contributed by atoms with E-state index in [0.29, 0.717) is 20.6 Å². The molecule has 2 rings (SSSR count). The van der Waals surface area contributed by atoms with E-state index in [1.54, 1.807) is 13.8 Å². The molecule has 0 fully saturated rings. The Balaban J connectivity index is 2.42. The first-order chi connectivity index (χ1) is 8.81. The van der Waals surface area contributed by atoms with Crippen molar-refractivity contribution in [3.05, 3.63) is 26.8 Å². The molecule has 10 heteroatoms. The molecule has 102 valence electrons. The first kappa shape index (κ1) is 14.4. The molecule has 7 nitrogen and oxygen atoms in total. The lowest BCUT2D eigenvalue weighted by atomic mass is 10.4. The summed E-state index contributed by atoms with van der Waals surface area (Å²) in [6.07, 6.45) is 1.40. The number of nitrogens with zero attached hydrogens (tertiary/aromatic N) is 3. The Morgan fingerprint density at radius 3 is 2.53 bits per heavy atom. The molecule has 0 aliphatic carbocycles. The average molecular weight is 411 g/mol. The first-order valence-electron chi connectivity index (χ1n) is 5.03. The molecule has 0 radical (unpaired) electrons. The Bertz CT molecular complexity index is 709. The minimum atomic E-state index is -3.76. The third-order valence-corrected chi connectivity index (χ3v) is 4.80. The number of sulfonamides is 1. The van der Waals surface area contributed by atoms with Crippen LogP contribution in [-0.4, -0.2) is 28.6 Å². The van der Waals surface area contributed by atoms with Crippen LogP contribution in [0.2, 0.25) is 0 Å². The van der Waals surface area contributed by atoms with Crippen molar-refractivity contribution in [3.8, 4) is 0 Å². The number of nitrogens with one attached hydrogen (secondary N) is 2. The van der Waals surface area contributed by atoms with Crippen molar-refractivity contribution >= 4 is 47.7 Å². The van der Waals surface area contributed by atoms with Gasteiger partial charge in [0, 0.05) is 0 Å². The topological polar surface area (TPSA) is 101 Å². The van der Waals surface area contributed by atoms with Gasteiger partial charge in [-0.3, -0.25) is 9.82 Å². The number of rotatable bonds is 3. The monoisotopic (exact) mass is 409 g/mol. The summed E-state index contributed by atoms with van der Waals surface area (Å²) in [6, 6.07) is 0. The number of hydrogen-bond acceptors (Lipinski definition) is 5. The third kappa shape index (κ3) is 2.95. The van der Waals surface area contributed by atoms with Crippen molar-refractivity contribution in [2.75, 3.05) is 4.72 Å².